The van der Waals surface area contributed by atoms with Gasteiger partial charge in [-0.05, 0) is 36.8 Å². The van der Waals surface area contributed by atoms with Gasteiger partial charge in [-0.25, -0.2) is 0 Å². The Morgan fingerprint density at radius 1 is 0.700 bits per heavy atom. The monoisotopic (exact) mass is 294 g/mol. The van der Waals surface area contributed by atoms with E-state index in [0.717, 1.165) is 0 Å². The maximum absolute atomic E-state index is 2.26. The fourth-order valence-electron chi connectivity index (χ4n) is 2.26. The smallest absolute Gasteiger partial charge is 0.0149 e. The lowest BCUT2D eigenvalue weighted by atomic mass is 10.4. The zero-order valence-electron chi connectivity index (χ0n) is 11.4. The molecule has 0 aliphatic rings. The van der Waals surface area contributed by atoms with Gasteiger partial charge < -0.3 is 0 Å². The molecule has 0 N–H and O–H groups in total. The van der Waals surface area contributed by atoms with Crippen molar-refractivity contribution < 1.29 is 0 Å². The molecule has 0 saturated heterocycles. The summed E-state index contributed by atoms with van der Waals surface area (Å²) >= 11 is 0. The number of rotatable bonds is 3. The topological polar surface area (TPSA) is 0 Å². The molecule has 0 radical (unpaired) electrons. The first-order valence-electron chi connectivity index (χ1n) is 6.68. The van der Waals surface area contributed by atoms with Crippen LogP contribution in [0.1, 0.15) is 5.56 Å². The lowest BCUT2D eigenvalue weighted by Crippen LogP contribution is -2.20. The largest absolute Gasteiger partial charge is 0.0670 e. The minimum absolute atomic E-state index is 0.424. The molecule has 2 heteroatoms. The second-order valence-electron chi connectivity index (χ2n) is 4.65. The van der Waals surface area contributed by atoms with Gasteiger partial charge in [-0.2, -0.15) is 0 Å². The Hall–Kier alpha value is -1.48. The van der Waals surface area contributed by atoms with E-state index in [2.05, 4.69) is 85.5 Å². The number of hydrogen-bond acceptors (Lipinski definition) is 0. The van der Waals surface area contributed by atoms with Crippen molar-refractivity contribution in [2.75, 3.05) is 0 Å². The Kier molecular flexibility index (Phi) is 4.26. The minimum atomic E-state index is -0.424. The van der Waals surface area contributed by atoms with Crippen molar-refractivity contribution >= 4 is 31.8 Å². The van der Waals surface area contributed by atoms with Gasteiger partial charge in [0.2, 0.25) is 0 Å². The van der Waals surface area contributed by atoms with Crippen LogP contribution in [0.25, 0.3) is 0 Å². The number of benzene rings is 2. The lowest BCUT2D eigenvalue weighted by molar-refractivity contribution is 1.56. The predicted octanol–water partition coefficient (Wildman–Crippen LogP) is 4.33. The number of aryl methyl sites for hydroxylation is 1. The molecule has 1 aromatic heterocycles. The zero-order chi connectivity index (χ0) is 13.8. The second-order valence-corrected chi connectivity index (χ2v) is 8.16. The SMILES string of the molecule is Cc1cccpc1P(c1ccccc1)c1ccccc1. The van der Waals surface area contributed by atoms with Gasteiger partial charge in [-0.3, -0.25) is 0 Å². The zero-order valence-corrected chi connectivity index (χ0v) is 13.2. The van der Waals surface area contributed by atoms with Crippen molar-refractivity contribution in [3.63, 3.8) is 0 Å². The normalized spacial score (nSPS) is 11.1. The highest BCUT2D eigenvalue weighted by Gasteiger charge is 2.17. The van der Waals surface area contributed by atoms with E-state index in [9.17, 15) is 0 Å². The summed E-state index contributed by atoms with van der Waals surface area (Å²) in [6.07, 6.45) is 0. The van der Waals surface area contributed by atoms with E-state index < -0.39 is 7.92 Å². The van der Waals surface area contributed by atoms with Crippen LogP contribution >= 0.6 is 16.1 Å². The minimum Gasteiger partial charge on any atom is -0.0670 e. The van der Waals surface area contributed by atoms with Crippen molar-refractivity contribution in [2.45, 2.75) is 6.92 Å². The molecule has 0 saturated carbocycles. The van der Waals surface area contributed by atoms with E-state index in [4.69, 9.17) is 0 Å². The van der Waals surface area contributed by atoms with E-state index >= 15 is 0 Å². The fourth-order valence-corrected chi connectivity index (χ4v) is 6.36. The van der Waals surface area contributed by atoms with E-state index in [1.54, 1.807) is 5.04 Å². The molecule has 0 nitrogen and oxygen atoms in total. The van der Waals surface area contributed by atoms with Gasteiger partial charge in [-0.1, -0.05) is 81.0 Å². The summed E-state index contributed by atoms with van der Waals surface area (Å²) in [6, 6.07) is 26.2. The van der Waals surface area contributed by atoms with Gasteiger partial charge in [0.15, 0.2) is 0 Å². The first kappa shape index (κ1) is 13.5. The van der Waals surface area contributed by atoms with Crippen LogP contribution in [0.2, 0.25) is 0 Å². The van der Waals surface area contributed by atoms with Crippen LogP contribution in [0.3, 0.4) is 0 Å². The summed E-state index contributed by atoms with van der Waals surface area (Å²) in [7, 11) is 0.910. The Bertz CT molecular complexity index is 639. The highest BCUT2D eigenvalue weighted by Crippen LogP contribution is 2.36. The molecule has 20 heavy (non-hydrogen) atoms. The molecule has 3 rings (SSSR count). The molecule has 3 aromatic rings. The molecule has 0 unspecified atom stereocenters. The molecule has 0 spiro atoms. The maximum Gasteiger partial charge on any atom is 0.0149 e. The van der Waals surface area contributed by atoms with Crippen molar-refractivity contribution in [2.24, 2.45) is 0 Å². The molecule has 0 atom stereocenters. The molecule has 1 heterocycles. The molecular weight excluding hydrogens is 278 g/mol. The summed E-state index contributed by atoms with van der Waals surface area (Å²) in [6.45, 7) is 2.23. The summed E-state index contributed by atoms with van der Waals surface area (Å²) in [5, 5.41) is 4.40. The van der Waals surface area contributed by atoms with Crippen LogP contribution in [0, 0.1) is 6.92 Å². The van der Waals surface area contributed by atoms with Gasteiger partial charge in [0.25, 0.3) is 0 Å². The lowest BCUT2D eigenvalue weighted by Gasteiger charge is -2.20. The molecule has 0 fully saturated rings. The quantitative estimate of drug-likeness (QED) is 0.631. The summed E-state index contributed by atoms with van der Waals surface area (Å²) in [5.74, 6) is 2.24. The third-order valence-corrected chi connectivity index (χ3v) is 7.49. The van der Waals surface area contributed by atoms with E-state index in [0.29, 0.717) is 0 Å². The third-order valence-electron chi connectivity index (χ3n) is 3.22. The first-order chi connectivity index (χ1) is 9.86. The van der Waals surface area contributed by atoms with E-state index in [1.807, 2.05) is 0 Å². The number of hydrogen-bond donors (Lipinski definition) is 0. The molecule has 0 aliphatic heterocycles. The maximum atomic E-state index is 2.26. The summed E-state index contributed by atoms with van der Waals surface area (Å²) in [5.41, 5.74) is 1.41. The Morgan fingerprint density at radius 3 is 1.75 bits per heavy atom. The average Bonchev–Trinajstić information content (AvgIpc) is 2.52. The Balaban J connectivity index is 2.17. The molecule has 0 bridgehead atoms. The van der Waals surface area contributed by atoms with Crippen LogP contribution in [-0.2, 0) is 0 Å². The van der Waals surface area contributed by atoms with Gasteiger partial charge >= 0.3 is 0 Å². The van der Waals surface area contributed by atoms with Gasteiger partial charge in [-0.15, -0.1) is 0 Å². The van der Waals surface area contributed by atoms with Crippen molar-refractivity contribution in [3.8, 4) is 0 Å². The predicted molar refractivity (Wildman–Crippen MR) is 92.4 cm³/mol. The molecule has 0 amide bonds. The molecular formula is C18H16P2. The third kappa shape index (κ3) is 2.83. The van der Waals surface area contributed by atoms with E-state index in [-0.39, 0.29) is 0 Å². The van der Waals surface area contributed by atoms with Crippen LogP contribution in [0.4, 0.5) is 0 Å². The second kappa shape index (κ2) is 6.31. The van der Waals surface area contributed by atoms with Gasteiger partial charge in [0.05, 0.1) is 0 Å². The summed E-state index contributed by atoms with van der Waals surface area (Å²) in [4.78, 5) is 0. The van der Waals surface area contributed by atoms with Crippen molar-refractivity contribution in [3.05, 3.63) is 84.2 Å². The molecule has 0 aliphatic carbocycles. The van der Waals surface area contributed by atoms with Gasteiger partial charge in [0, 0.05) is 5.04 Å². The van der Waals surface area contributed by atoms with Crippen molar-refractivity contribution in [1.29, 1.82) is 0 Å². The summed E-state index contributed by atoms with van der Waals surface area (Å²) < 4.78 is 0. The van der Waals surface area contributed by atoms with Crippen molar-refractivity contribution in [1.82, 2.24) is 0 Å². The first-order valence-corrected chi connectivity index (χ1v) is 8.98. The van der Waals surface area contributed by atoms with Crippen LogP contribution < -0.4 is 15.6 Å². The van der Waals surface area contributed by atoms with E-state index in [1.165, 1.54) is 24.4 Å². The standard InChI is InChI=1S/C18H16P2/c1-15-9-8-14-19-18(15)20(16-10-4-2-5-11-16)17-12-6-3-7-13-17/h2-14H,1H3. The average molecular weight is 294 g/mol. The molecule has 98 valence electrons. The highest BCUT2D eigenvalue weighted by atomic mass is 31.1. The molecule has 2 aromatic carbocycles. The Morgan fingerprint density at radius 2 is 1.25 bits per heavy atom. The Labute approximate surface area is 123 Å². The van der Waals surface area contributed by atoms with Crippen LogP contribution in [0.5, 0.6) is 0 Å². The van der Waals surface area contributed by atoms with Crippen LogP contribution in [0.15, 0.2) is 78.6 Å². The van der Waals surface area contributed by atoms with Crippen LogP contribution in [-0.4, -0.2) is 0 Å². The van der Waals surface area contributed by atoms with Gasteiger partial charge in [0.1, 0.15) is 0 Å². The highest BCUT2D eigenvalue weighted by molar-refractivity contribution is 7.85. The fraction of sp³-hybridized carbons (Fsp3) is 0.0556.